The number of rotatable bonds is 0. The lowest BCUT2D eigenvalue weighted by Gasteiger charge is -2.21. The molecule has 0 spiro atoms. The van der Waals surface area contributed by atoms with E-state index in [9.17, 15) is 0 Å². The van der Waals surface area contributed by atoms with E-state index in [0.717, 1.165) is 26.2 Å². The van der Waals surface area contributed by atoms with Gasteiger partial charge in [0.15, 0.2) is 0 Å². The third kappa shape index (κ3) is 2.30. The van der Waals surface area contributed by atoms with E-state index in [4.69, 9.17) is 5.73 Å². The lowest BCUT2D eigenvalue weighted by Crippen LogP contribution is -2.50. The van der Waals surface area contributed by atoms with Crippen molar-refractivity contribution in [1.29, 1.82) is 0 Å². The summed E-state index contributed by atoms with van der Waals surface area (Å²) in [5.74, 6) is 0. The van der Waals surface area contributed by atoms with Crippen LogP contribution < -0.4 is 16.4 Å². The lowest BCUT2D eigenvalue weighted by molar-refractivity contribution is 0.448. The molecule has 1 rings (SSSR count). The van der Waals surface area contributed by atoms with Crippen molar-refractivity contribution in [2.75, 3.05) is 26.2 Å². The molecule has 0 bridgehead atoms. The fraction of sp³-hybridized carbons (Fsp3) is 1.00. The van der Waals surface area contributed by atoms with Crippen molar-refractivity contribution in [2.24, 2.45) is 5.73 Å². The van der Waals surface area contributed by atoms with E-state index in [1.807, 2.05) is 0 Å². The van der Waals surface area contributed by atoms with Crippen molar-refractivity contribution in [3.05, 3.63) is 0 Å². The third-order valence-corrected chi connectivity index (χ3v) is 1.54. The van der Waals surface area contributed by atoms with Crippen LogP contribution in [-0.2, 0) is 0 Å². The van der Waals surface area contributed by atoms with Crippen LogP contribution in [0.4, 0.5) is 0 Å². The molecule has 3 heteroatoms. The van der Waals surface area contributed by atoms with Crippen molar-refractivity contribution in [3.63, 3.8) is 0 Å². The van der Waals surface area contributed by atoms with Gasteiger partial charge in [-0.05, 0) is 6.92 Å². The van der Waals surface area contributed by atoms with Gasteiger partial charge in [-0.2, -0.15) is 0 Å². The van der Waals surface area contributed by atoms with Crippen LogP contribution in [0.1, 0.15) is 6.92 Å². The fourth-order valence-electron chi connectivity index (χ4n) is 0.987. The first kappa shape index (κ1) is 6.99. The Morgan fingerprint density at radius 2 is 1.67 bits per heavy atom. The smallest absolute Gasteiger partial charge is 0.0378 e. The van der Waals surface area contributed by atoms with Crippen LogP contribution in [0.5, 0.6) is 0 Å². The minimum atomic E-state index is -0.0590. The molecule has 0 amide bonds. The Balaban J connectivity index is 2.36. The molecule has 1 aliphatic rings. The van der Waals surface area contributed by atoms with E-state index in [2.05, 4.69) is 17.6 Å². The molecule has 4 N–H and O–H groups in total. The summed E-state index contributed by atoms with van der Waals surface area (Å²) in [5.41, 5.74) is 5.79. The van der Waals surface area contributed by atoms with Gasteiger partial charge in [-0.3, -0.25) is 0 Å². The van der Waals surface area contributed by atoms with E-state index in [1.165, 1.54) is 0 Å². The molecule has 0 aromatic carbocycles. The third-order valence-electron chi connectivity index (χ3n) is 1.54. The maximum absolute atomic E-state index is 5.85. The molecule has 0 aromatic rings. The van der Waals surface area contributed by atoms with Crippen molar-refractivity contribution in [1.82, 2.24) is 10.6 Å². The predicted octanol–water partition coefficient (Wildman–Crippen LogP) is -1.10. The Labute approximate surface area is 56.0 Å². The predicted molar refractivity (Wildman–Crippen MR) is 38.3 cm³/mol. The van der Waals surface area contributed by atoms with E-state index in [-0.39, 0.29) is 5.54 Å². The minimum absolute atomic E-state index is 0.0590. The van der Waals surface area contributed by atoms with E-state index >= 15 is 0 Å². The number of hydrogen-bond acceptors (Lipinski definition) is 3. The standard InChI is InChI=1S/C6H15N3/c1-6(7)4-8-2-3-9-5-6/h8-9H,2-5,7H2,1H3. The lowest BCUT2D eigenvalue weighted by atomic mass is 10.1. The molecule has 3 nitrogen and oxygen atoms in total. The highest BCUT2D eigenvalue weighted by atomic mass is 15.0. The molecular weight excluding hydrogens is 114 g/mol. The highest BCUT2D eigenvalue weighted by molar-refractivity contribution is 4.85. The van der Waals surface area contributed by atoms with Crippen LogP contribution in [0.25, 0.3) is 0 Å². The topological polar surface area (TPSA) is 50.1 Å². The first-order chi connectivity index (χ1) is 4.21. The first-order valence-corrected chi connectivity index (χ1v) is 3.41. The number of nitrogens with one attached hydrogen (secondary N) is 2. The SMILES string of the molecule is CC1(N)CNCCNC1. The van der Waals surface area contributed by atoms with Crippen LogP contribution >= 0.6 is 0 Å². The molecule has 0 unspecified atom stereocenters. The maximum atomic E-state index is 5.85. The summed E-state index contributed by atoms with van der Waals surface area (Å²) in [6.07, 6.45) is 0. The van der Waals surface area contributed by atoms with Crippen molar-refractivity contribution in [2.45, 2.75) is 12.5 Å². The van der Waals surface area contributed by atoms with E-state index < -0.39 is 0 Å². The molecule has 54 valence electrons. The second kappa shape index (κ2) is 2.64. The Morgan fingerprint density at radius 3 is 2.11 bits per heavy atom. The van der Waals surface area contributed by atoms with Crippen LogP contribution in [0.3, 0.4) is 0 Å². The molecule has 9 heavy (non-hydrogen) atoms. The monoisotopic (exact) mass is 129 g/mol. The summed E-state index contributed by atoms with van der Waals surface area (Å²) in [6, 6.07) is 0. The summed E-state index contributed by atoms with van der Waals surface area (Å²) in [7, 11) is 0. The van der Waals surface area contributed by atoms with Gasteiger partial charge in [0.1, 0.15) is 0 Å². The summed E-state index contributed by atoms with van der Waals surface area (Å²) < 4.78 is 0. The second-order valence-electron chi connectivity index (χ2n) is 3.01. The summed E-state index contributed by atoms with van der Waals surface area (Å²) >= 11 is 0. The quantitative estimate of drug-likeness (QED) is 0.389. The minimum Gasteiger partial charge on any atom is -0.323 e. The normalized spacial score (nSPS) is 27.3. The molecule has 0 aromatic heterocycles. The van der Waals surface area contributed by atoms with Gasteiger partial charge < -0.3 is 16.4 Å². The Hall–Kier alpha value is -0.120. The Bertz CT molecular complexity index is 80.3. The van der Waals surface area contributed by atoms with E-state index in [1.54, 1.807) is 0 Å². The number of nitrogens with two attached hydrogens (primary N) is 1. The van der Waals surface area contributed by atoms with Gasteiger partial charge in [0.05, 0.1) is 0 Å². The number of hydrogen-bond donors (Lipinski definition) is 3. The molecule has 0 aliphatic carbocycles. The fourth-order valence-corrected chi connectivity index (χ4v) is 0.987. The van der Waals surface area contributed by atoms with Crippen molar-refractivity contribution < 1.29 is 0 Å². The molecular formula is C6H15N3. The van der Waals surface area contributed by atoms with Crippen LogP contribution in [-0.4, -0.2) is 31.7 Å². The Morgan fingerprint density at radius 1 is 1.22 bits per heavy atom. The highest BCUT2D eigenvalue weighted by Gasteiger charge is 2.18. The van der Waals surface area contributed by atoms with Gasteiger partial charge in [0.2, 0.25) is 0 Å². The molecule has 0 saturated carbocycles. The zero-order valence-electron chi connectivity index (χ0n) is 5.91. The first-order valence-electron chi connectivity index (χ1n) is 3.41. The van der Waals surface area contributed by atoms with Crippen LogP contribution in [0.2, 0.25) is 0 Å². The largest absolute Gasteiger partial charge is 0.323 e. The average molecular weight is 129 g/mol. The Kier molecular flexibility index (Phi) is 2.05. The molecule has 1 saturated heterocycles. The molecule has 1 fully saturated rings. The van der Waals surface area contributed by atoms with Gasteiger partial charge in [-0.15, -0.1) is 0 Å². The van der Waals surface area contributed by atoms with Gasteiger partial charge >= 0.3 is 0 Å². The van der Waals surface area contributed by atoms with Crippen LogP contribution in [0.15, 0.2) is 0 Å². The van der Waals surface area contributed by atoms with Gasteiger partial charge in [0.25, 0.3) is 0 Å². The zero-order valence-corrected chi connectivity index (χ0v) is 5.91. The van der Waals surface area contributed by atoms with E-state index in [0.29, 0.717) is 0 Å². The molecule has 0 atom stereocenters. The molecule has 1 heterocycles. The maximum Gasteiger partial charge on any atom is 0.0378 e. The van der Waals surface area contributed by atoms with Crippen molar-refractivity contribution in [3.8, 4) is 0 Å². The summed E-state index contributed by atoms with van der Waals surface area (Å²) in [6.45, 7) is 5.96. The molecule has 1 aliphatic heterocycles. The average Bonchev–Trinajstić information content (AvgIpc) is 1.92. The van der Waals surface area contributed by atoms with Crippen LogP contribution in [0, 0.1) is 0 Å². The second-order valence-corrected chi connectivity index (χ2v) is 3.01. The molecule has 0 radical (unpaired) electrons. The van der Waals surface area contributed by atoms with Gasteiger partial charge in [-0.25, -0.2) is 0 Å². The van der Waals surface area contributed by atoms with Gasteiger partial charge in [-0.1, -0.05) is 0 Å². The highest BCUT2D eigenvalue weighted by Crippen LogP contribution is 1.95. The summed E-state index contributed by atoms with van der Waals surface area (Å²) in [5, 5.41) is 6.50. The zero-order chi connectivity index (χ0) is 6.74. The van der Waals surface area contributed by atoms with Gasteiger partial charge in [0, 0.05) is 31.7 Å². The van der Waals surface area contributed by atoms with Crippen molar-refractivity contribution >= 4 is 0 Å². The summed E-state index contributed by atoms with van der Waals surface area (Å²) in [4.78, 5) is 0.